The summed E-state index contributed by atoms with van der Waals surface area (Å²) in [6.45, 7) is 2.67. The SMILES string of the molecule is COCc1ccc(C(=O)N2CCC[C@@H]2[C@](C)(O)c2ccc(OC)cc2)o1. The Hall–Kier alpha value is -2.31. The normalized spacial score (nSPS) is 19.4. The van der Waals surface area contributed by atoms with E-state index in [0.717, 1.165) is 24.2 Å². The molecule has 1 aromatic carbocycles. The topological polar surface area (TPSA) is 72.1 Å². The fourth-order valence-electron chi connectivity index (χ4n) is 3.57. The summed E-state index contributed by atoms with van der Waals surface area (Å²) in [6, 6.07) is 10.4. The van der Waals surface area contributed by atoms with Crippen LogP contribution in [0.4, 0.5) is 0 Å². The lowest BCUT2D eigenvalue weighted by Gasteiger charge is -2.36. The van der Waals surface area contributed by atoms with Crippen LogP contribution in [0.1, 0.15) is 41.6 Å². The number of likely N-dealkylation sites (tertiary alicyclic amines) is 1. The maximum absolute atomic E-state index is 12.9. The fourth-order valence-corrected chi connectivity index (χ4v) is 3.57. The van der Waals surface area contributed by atoms with E-state index in [1.54, 1.807) is 38.2 Å². The molecule has 2 atom stereocenters. The van der Waals surface area contributed by atoms with Gasteiger partial charge in [-0.1, -0.05) is 12.1 Å². The van der Waals surface area contributed by atoms with Gasteiger partial charge in [-0.05, 0) is 49.6 Å². The molecule has 1 aromatic heterocycles. The van der Waals surface area contributed by atoms with Crippen LogP contribution < -0.4 is 4.74 Å². The van der Waals surface area contributed by atoms with Crippen molar-refractivity contribution in [3.8, 4) is 5.75 Å². The molecule has 0 spiro atoms. The number of benzene rings is 1. The lowest BCUT2D eigenvalue weighted by Crippen LogP contribution is -2.48. The Bertz CT molecular complexity index is 750. The molecule has 1 amide bonds. The van der Waals surface area contributed by atoms with Crippen molar-refractivity contribution >= 4 is 5.91 Å². The molecule has 6 heteroatoms. The van der Waals surface area contributed by atoms with E-state index in [9.17, 15) is 9.90 Å². The van der Waals surface area contributed by atoms with E-state index in [0.29, 0.717) is 18.9 Å². The molecule has 2 aromatic rings. The molecular weight excluding hydrogens is 334 g/mol. The first-order valence-corrected chi connectivity index (χ1v) is 8.73. The van der Waals surface area contributed by atoms with Crippen LogP contribution in [0.25, 0.3) is 0 Å². The van der Waals surface area contributed by atoms with E-state index in [4.69, 9.17) is 13.9 Å². The molecule has 1 N–H and O–H groups in total. The van der Waals surface area contributed by atoms with E-state index in [-0.39, 0.29) is 17.7 Å². The Labute approximate surface area is 153 Å². The molecule has 0 unspecified atom stereocenters. The molecule has 140 valence electrons. The third-order valence-corrected chi connectivity index (χ3v) is 5.00. The molecule has 3 rings (SSSR count). The number of ether oxygens (including phenoxy) is 2. The number of carbonyl (C=O) groups excluding carboxylic acids is 1. The molecule has 1 aliphatic heterocycles. The number of furan rings is 1. The smallest absolute Gasteiger partial charge is 0.289 e. The maximum atomic E-state index is 12.9. The number of nitrogens with zero attached hydrogens (tertiary/aromatic N) is 1. The Kier molecular flexibility index (Phi) is 5.34. The van der Waals surface area contributed by atoms with Crippen LogP contribution in [0.5, 0.6) is 5.75 Å². The molecule has 1 fully saturated rings. The van der Waals surface area contributed by atoms with Gasteiger partial charge in [-0.25, -0.2) is 0 Å². The summed E-state index contributed by atoms with van der Waals surface area (Å²) in [5.41, 5.74) is -0.414. The third kappa shape index (κ3) is 3.48. The number of aliphatic hydroxyl groups is 1. The zero-order valence-corrected chi connectivity index (χ0v) is 15.4. The van der Waals surface area contributed by atoms with Gasteiger partial charge in [0.15, 0.2) is 5.76 Å². The molecule has 26 heavy (non-hydrogen) atoms. The van der Waals surface area contributed by atoms with E-state index in [1.807, 2.05) is 24.3 Å². The van der Waals surface area contributed by atoms with E-state index in [1.165, 1.54) is 0 Å². The summed E-state index contributed by atoms with van der Waals surface area (Å²) >= 11 is 0. The molecule has 0 bridgehead atoms. The third-order valence-electron chi connectivity index (χ3n) is 5.00. The zero-order chi connectivity index (χ0) is 18.7. The second-order valence-electron chi connectivity index (χ2n) is 6.73. The Morgan fingerprint density at radius 3 is 2.65 bits per heavy atom. The standard InChI is InChI=1S/C20H25NO5/c1-20(23,14-6-8-15(25-3)9-7-14)18-5-4-12-21(18)19(22)17-11-10-16(26-17)13-24-2/h6-11,18,23H,4-5,12-13H2,1-3H3/t18-,20-/m1/s1. The number of hydrogen-bond donors (Lipinski definition) is 1. The van der Waals surface area contributed by atoms with Crippen molar-refractivity contribution in [3.63, 3.8) is 0 Å². The summed E-state index contributed by atoms with van der Waals surface area (Å²) in [5.74, 6) is 1.40. The first-order chi connectivity index (χ1) is 12.5. The first-order valence-electron chi connectivity index (χ1n) is 8.73. The highest BCUT2D eigenvalue weighted by Crippen LogP contribution is 2.36. The Morgan fingerprint density at radius 1 is 1.27 bits per heavy atom. The van der Waals surface area contributed by atoms with Crippen molar-refractivity contribution in [2.45, 2.75) is 38.0 Å². The lowest BCUT2D eigenvalue weighted by molar-refractivity contribution is -0.0186. The van der Waals surface area contributed by atoms with Crippen molar-refractivity contribution in [1.29, 1.82) is 0 Å². The number of rotatable bonds is 6. The predicted molar refractivity (Wildman–Crippen MR) is 96.0 cm³/mol. The first kappa shape index (κ1) is 18.5. The van der Waals surface area contributed by atoms with Crippen LogP contribution in [0.2, 0.25) is 0 Å². The molecular formula is C20H25NO5. The average Bonchev–Trinajstić information content (AvgIpc) is 3.31. The van der Waals surface area contributed by atoms with Gasteiger partial charge in [0, 0.05) is 13.7 Å². The van der Waals surface area contributed by atoms with Crippen molar-refractivity contribution < 1.29 is 23.8 Å². The van der Waals surface area contributed by atoms with Crippen molar-refractivity contribution in [1.82, 2.24) is 4.90 Å². The fraction of sp³-hybridized carbons (Fsp3) is 0.450. The second kappa shape index (κ2) is 7.51. The minimum atomic E-state index is -1.17. The molecule has 1 saturated heterocycles. The van der Waals surface area contributed by atoms with Crippen LogP contribution in [0.15, 0.2) is 40.8 Å². The minimum Gasteiger partial charge on any atom is -0.497 e. The van der Waals surface area contributed by atoms with Crippen LogP contribution in [0, 0.1) is 0 Å². The van der Waals surface area contributed by atoms with Crippen LogP contribution in [-0.2, 0) is 16.9 Å². The van der Waals surface area contributed by atoms with Crippen LogP contribution in [0.3, 0.4) is 0 Å². The van der Waals surface area contributed by atoms with Gasteiger partial charge >= 0.3 is 0 Å². The number of amides is 1. The van der Waals surface area contributed by atoms with Crippen LogP contribution in [-0.4, -0.2) is 42.7 Å². The summed E-state index contributed by atoms with van der Waals surface area (Å²) < 4.78 is 15.8. The monoisotopic (exact) mass is 359 g/mol. The average molecular weight is 359 g/mol. The lowest BCUT2D eigenvalue weighted by atomic mass is 9.86. The van der Waals surface area contributed by atoms with Gasteiger partial charge in [-0.3, -0.25) is 4.79 Å². The Balaban J connectivity index is 1.82. The maximum Gasteiger partial charge on any atom is 0.289 e. The van der Waals surface area contributed by atoms with Gasteiger partial charge in [-0.2, -0.15) is 0 Å². The summed E-state index contributed by atoms with van der Waals surface area (Å²) in [6.07, 6.45) is 1.57. The highest BCUT2D eigenvalue weighted by molar-refractivity contribution is 5.92. The van der Waals surface area contributed by atoms with Gasteiger partial charge in [0.2, 0.25) is 0 Å². The van der Waals surface area contributed by atoms with Crippen LogP contribution >= 0.6 is 0 Å². The van der Waals surface area contributed by atoms with Gasteiger partial charge in [0.25, 0.3) is 5.91 Å². The molecule has 0 radical (unpaired) electrons. The van der Waals surface area contributed by atoms with Gasteiger partial charge in [0.05, 0.1) is 13.2 Å². The van der Waals surface area contributed by atoms with Crippen molar-refractivity contribution in [2.75, 3.05) is 20.8 Å². The van der Waals surface area contributed by atoms with Gasteiger partial charge in [-0.15, -0.1) is 0 Å². The Morgan fingerprint density at radius 2 is 2.00 bits per heavy atom. The number of carbonyl (C=O) groups is 1. The zero-order valence-electron chi connectivity index (χ0n) is 15.4. The predicted octanol–water partition coefficient (Wildman–Crippen LogP) is 2.95. The largest absolute Gasteiger partial charge is 0.497 e. The van der Waals surface area contributed by atoms with E-state index >= 15 is 0 Å². The molecule has 6 nitrogen and oxygen atoms in total. The molecule has 0 saturated carbocycles. The van der Waals surface area contributed by atoms with E-state index < -0.39 is 5.60 Å². The quantitative estimate of drug-likeness (QED) is 0.858. The van der Waals surface area contributed by atoms with E-state index in [2.05, 4.69) is 0 Å². The summed E-state index contributed by atoms with van der Waals surface area (Å²) in [5, 5.41) is 11.2. The highest BCUT2D eigenvalue weighted by Gasteiger charge is 2.43. The van der Waals surface area contributed by atoms with Crippen molar-refractivity contribution in [2.24, 2.45) is 0 Å². The van der Waals surface area contributed by atoms with Crippen molar-refractivity contribution in [3.05, 3.63) is 53.5 Å². The number of methoxy groups -OCH3 is 2. The summed E-state index contributed by atoms with van der Waals surface area (Å²) in [7, 11) is 3.18. The molecule has 2 heterocycles. The minimum absolute atomic E-state index is 0.205. The highest BCUT2D eigenvalue weighted by atomic mass is 16.5. The second-order valence-corrected chi connectivity index (χ2v) is 6.73. The number of hydrogen-bond acceptors (Lipinski definition) is 5. The van der Waals surface area contributed by atoms with Gasteiger partial charge < -0.3 is 23.9 Å². The molecule has 1 aliphatic rings. The summed E-state index contributed by atoms with van der Waals surface area (Å²) in [4.78, 5) is 14.6. The molecule has 0 aliphatic carbocycles. The van der Waals surface area contributed by atoms with Gasteiger partial charge in [0.1, 0.15) is 23.7 Å².